The van der Waals surface area contributed by atoms with Crippen LogP contribution < -0.4 is 4.74 Å². The third-order valence-corrected chi connectivity index (χ3v) is 6.15. The van der Waals surface area contributed by atoms with Crippen LogP contribution in [-0.4, -0.2) is 22.7 Å². The van der Waals surface area contributed by atoms with Crippen molar-refractivity contribution in [2.24, 2.45) is 0 Å². The molecular formula is C30H39FN2O. The summed E-state index contributed by atoms with van der Waals surface area (Å²) < 4.78 is 19.2. The van der Waals surface area contributed by atoms with E-state index in [1.807, 2.05) is 43.6 Å². The zero-order valence-corrected chi connectivity index (χ0v) is 20.8. The lowest BCUT2D eigenvalue weighted by Gasteiger charge is -2.10. The minimum Gasteiger partial charge on any atom is -0.491 e. The molecule has 0 fully saturated rings. The van der Waals surface area contributed by atoms with Gasteiger partial charge in [-0.3, -0.25) is 0 Å². The van der Waals surface area contributed by atoms with Gasteiger partial charge in [-0.2, -0.15) is 0 Å². The van der Waals surface area contributed by atoms with Gasteiger partial charge in [0.1, 0.15) is 18.5 Å². The molecule has 0 saturated heterocycles. The zero-order valence-electron chi connectivity index (χ0n) is 20.8. The van der Waals surface area contributed by atoms with Gasteiger partial charge in [0.2, 0.25) is 0 Å². The molecule has 0 saturated carbocycles. The van der Waals surface area contributed by atoms with Gasteiger partial charge in [0, 0.05) is 23.5 Å². The molecule has 2 aromatic carbocycles. The summed E-state index contributed by atoms with van der Waals surface area (Å²) in [5.74, 6) is 1.41. The fraction of sp³-hybridized carbons (Fsp3) is 0.467. The van der Waals surface area contributed by atoms with Gasteiger partial charge < -0.3 is 4.74 Å². The van der Waals surface area contributed by atoms with E-state index in [1.165, 1.54) is 50.5 Å². The summed E-state index contributed by atoms with van der Waals surface area (Å²) in [6, 6.07) is 16.3. The third-order valence-electron chi connectivity index (χ3n) is 6.15. The first-order chi connectivity index (χ1) is 16.7. The lowest BCUT2D eigenvalue weighted by molar-refractivity contribution is 0.186. The van der Waals surface area contributed by atoms with Crippen LogP contribution in [0.25, 0.3) is 22.5 Å². The summed E-state index contributed by atoms with van der Waals surface area (Å²) in [5.41, 5.74) is 4.37. The molecule has 0 bridgehead atoms. The average molecular weight is 463 g/mol. The Hall–Kier alpha value is -2.75. The number of alkyl halides is 1. The van der Waals surface area contributed by atoms with E-state index in [9.17, 15) is 4.39 Å². The lowest BCUT2D eigenvalue weighted by atomic mass is 10.0. The van der Waals surface area contributed by atoms with E-state index in [0.717, 1.165) is 35.4 Å². The van der Waals surface area contributed by atoms with Crippen molar-refractivity contribution >= 4 is 0 Å². The molecule has 4 heteroatoms. The van der Waals surface area contributed by atoms with Gasteiger partial charge in [0.15, 0.2) is 5.82 Å². The van der Waals surface area contributed by atoms with Crippen LogP contribution in [0.5, 0.6) is 5.75 Å². The number of hydrogen-bond acceptors (Lipinski definition) is 3. The average Bonchev–Trinajstić information content (AvgIpc) is 2.88. The lowest BCUT2D eigenvalue weighted by Crippen LogP contribution is -2.12. The largest absolute Gasteiger partial charge is 0.491 e. The number of aryl methyl sites for hydroxylation is 1. The highest BCUT2D eigenvalue weighted by atomic mass is 19.1. The van der Waals surface area contributed by atoms with Crippen molar-refractivity contribution < 1.29 is 9.13 Å². The Kier molecular flexibility index (Phi) is 11.0. The molecule has 3 nitrogen and oxygen atoms in total. The summed E-state index contributed by atoms with van der Waals surface area (Å²) in [6.07, 6.45) is 14.6. The molecule has 0 N–H and O–H groups in total. The summed E-state index contributed by atoms with van der Waals surface area (Å²) in [6.45, 7) is 4.34. The van der Waals surface area contributed by atoms with Gasteiger partial charge >= 0.3 is 0 Å². The number of aromatic nitrogens is 2. The third kappa shape index (κ3) is 8.55. The summed E-state index contributed by atoms with van der Waals surface area (Å²) >= 11 is 0. The monoisotopic (exact) mass is 462 g/mol. The van der Waals surface area contributed by atoms with Gasteiger partial charge in [-0.05, 0) is 42.5 Å². The normalized spacial score (nSPS) is 12.0. The van der Waals surface area contributed by atoms with Gasteiger partial charge in [-0.1, -0.05) is 95.2 Å². The Bertz CT molecular complexity index is 939. The van der Waals surface area contributed by atoms with Crippen molar-refractivity contribution in [2.75, 3.05) is 6.61 Å². The highest BCUT2D eigenvalue weighted by molar-refractivity contribution is 5.64. The standard InChI is InChI=1S/C30H39FN2O/c1-3-5-6-7-8-9-10-12-24-13-15-26(16-14-24)30-32-21-27(22-33-30)25-17-19-29(20-18-25)34-23-28(31)11-4-2/h13-22,28H,3-12,23H2,1-2H3. The van der Waals surface area contributed by atoms with Crippen LogP contribution in [0.2, 0.25) is 0 Å². The Morgan fingerprint density at radius 2 is 1.32 bits per heavy atom. The van der Waals surface area contributed by atoms with Crippen molar-refractivity contribution in [2.45, 2.75) is 84.2 Å². The molecule has 0 aliphatic carbocycles. The van der Waals surface area contributed by atoms with Gasteiger partial charge in [-0.15, -0.1) is 0 Å². The van der Waals surface area contributed by atoms with Crippen molar-refractivity contribution in [1.82, 2.24) is 9.97 Å². The van der Waals surface area contributed by atoms with Crippen LogP contribution in [0.15, 0.2) is 60.9 Å². The molecule has 1 heterocycles. The predicted molar refractivity (Wildman–Crippen MR) is 140 cm³/mol. The molecule has 34 heavy (non-hydrogen) atoms. The second-order valence-electron chi connectivity index (χ2n) is 9.08. The first-order valence-electron chi connectivity index (χ1n) is 13.0. The number of hydrogen-bond donors (Lipinski definition) is 0. The molecule has 1 unspecified atom stereocenters. The maximum absolute atomic E-state index is 13.6. The molecule has 0 aliphatic rings. The maximum Gasteiger partial charge on any atom is 0.159 e. The smallest absolute Gasteiger partial charge is 0.159 e. The van der Waals surface area contributed by atoms with E-state index in [4.69, 9.17) is 4.74 Å². The molecule has 0 amide bonds. The molecule has 3 aromatic rings. The van der Waals surface area contributed by atoms with Crippen molar-refractivity contribution in [3.05, 3.63) is 66.5 Å². The number of nitrogens with zero attached hydrogens (tertiary/aromatic N) is 2. The Morgan fingerprint density at radius 1 is 0.706 bits per heavy atom. The summed E-state index contributed by atoms with van der Waals surface area (Å²) in [5, 5.41) is 0. The minimum absolute atomic E-state index is 0.100. The van der Waals surface area contributed by atoms with Crippen LogP contribution in [0.3, 0.4) is 0 Å². The van der Waals surface area contributed by atoms with Crippen LogP contribution in [-0.2, 0) is 6.42 Å². The SMILES string of the molecule is CCCCCCCCCc1ccc(-c2ncc(-c3ccc(OCC(F)CCC)cc3)cn2)cc1. The van der Waals surface area contributed by atoms with Gasteiger partial charge in [0.25, 0.3) is 0 Å². The molecule has 1 atom stereocenters. The number of ether oxygens (including phenoxy) is 1. The second-order valence-corrected chi connectivity index (χ2v) is 9.08. The molecule has 0 spiro atoms. The topological polar surface area (TPSA) is 35.0 Å². The number of unbranched alkanes of at least 4 members (excludes halogenated alkanes) is 6. The molecule has 0 radical (unpaired) electrons. The van der Waals surface area contributed by atoms with Crippen molar-refractivity contribution in [3.8, 4) is 28.3 Å². The molecular weight excluding hydrogens is 423 g/mol. The minimum atomic E-state index is -0.917. The number of rotatable bonds is 15. The second kappa shape index (κ2) is 14.5. The highest BCUT2D eigenvalue weighted by Gasteiger charge is 2.07. The fourth-order valence-electron chi connectivity index (χ4n) is 4.06. The van der Waals surface area contributed by atoms with Crippen molar-refractivity contribution in [1.29, 1.82) is 0 Å². The molecule has 1 aromatic heterocycles. The van der Waals surface area contributed by atoms with E-state index in [-0.39, 0.29) is 6.61 Å². The van der Waals surface area contributed by atoms with E-state index in [2.05, 4.69) is 41.2 Å². The Balaban J connectivity index is 1.48. The van der Waals surface area contributed by atoms with Crippen LogP contribution in [0, 0.1) is 0 Å². The fourth-order valence-corrected chi connectivity index (χ4v) is 4.06. The Morgan fingerprint density at radius 3 is 1.97 bits per heavy atom. The first kappa shape index (κ1) is 25.9. The van der Waals surface area contributed by atoms with Crippen molar-refractivity contribution in [3.63, 3.8) is 0 Å². The predicted octanol–water partition coefficient (Wildman–Crippen LogP) is 8.62. The number of halogens is 1. The first-order valence-corrected chi connectivity index (χ1v) is 13.0. The van der Waals surface area contributed by atoms with Gasteiger partial charge in [0.05, 0.1) is 0 Å². The summed E-state index contributed by atoms with van der Waals surface area (Å²) in [4.78, 5) is 9.15. The quantitative estimate of drug-likeness (QED) is 0.212. The summed E-state index contributed by atoms with van der Waals surface area (Å²) in [7, 11) is 0. The van der Waals surface area contributed by atoms with E-state index in [1.54, 1.807) is 0 Å². The zero-order chi connectivity index (χ0) is 24.0. The Labute approximate surface area is 204 Å². The van der Waals surface area contributed by atoms with Gasteiger partial charge in [-0.25, -0.2) is 14.4 Å². The van der Waals surface area contributed by atoms with Crippen LogP contribution >= 0.6 is 0 Å². The van der Waals surface area contributed by atoms with Crippen LogP contribution in [0.4, 0.5) is 4.39 Å². The molecule has 0 aliphatic heterocycles. The molecule has 182 valence electrons. The van der Waals surface area contributed by atoms with E-state index in [0.29, 0.717) is 12.2 Å². The molecule has 3 rings (SSSR count). The maximum atomic E-state index is 13.6. The van der Waals surface area contributed by atoms with Crippen LogP contribution in [0.1, 0.15) is 77.2 Å². The van der Waals surface area contributed by atoms with E-state index >= 15 is 0 Å². The number of benzene rings is 2. The highest BCUT2D eigenvalue weighted by Crippen LogP contribution is 2.24. The van der Waals surface area contributed by atoms with E-state index < -0.39 is 6.17 Å².